The predicted molar refractivity (Wildman–Crippen MR) is 94.7 cm³/mol. The maximum absolute atomic E-state index is 13.8. The first-order valence-electron chi connectivity index (χ1n) is 9.08. The molecule has 0 spiro atoms. The lowest BCUT2D eigenvalue weighted by molar-refractivity contribution is -0.130. The van der Waals surface area contributed by atoms with Crippen LogP contribution in [0, 0.1) is 5.82 Å². The van der Waals surface area contributed by atoms with Crippen LogP contribution >= 0.6 is 0 Å². The van der Waals surface area contributed by atoms with Gasteiger partial charge in [0.1, 0.15) is 6.33 Å². The summed E-state index contributed by atoms with van der Waals surface area (Å²) in [4.78, 5) is 23.5. The van der Waals surface area contributed by atoms with Gasteiger partial charge in [-0.05, 0) is 42.5 Å². The molecule has 1 amide bonds. The summed E-state index contributed by atoms with van der Waals surface area (Å²) in [6.07, 6.45) is 5.80. The van der Waals surface area contributed by atoms with Crippen molar-refractivity contribution in [3.05, 3.63) is 52.9 Å². The molecule has 0 saturated heterocycles. The summed E-state index contributed by atoms with van der Waals surface area (Å²) >= 11 is 0. The van der Waals surface area contributed by atoms with Crippen LogP contribution in [0.5, 0.6) is 5.75 Å². The number of hydrogen-bond acceptors (Lipinski definition) is 4. The van der Waals surface area contributed by atoms with Crippen molar-refractivity contribution in [1.29, 1.82) is 0 Å². The Morgan fingerprint density at radius 2 is 2.08 bits per heavy atom. The number of methoxy groups -OCH3 is 1. The van der Waals surface area contributed by atoms with Crippen molar-refractivity contribution >= 4 is 5.91 Å². The van der Waals surface area contributed by atoms with Gasteiger partial charge in [0.25, 0.3) is 0 Å². The summed E-state index contributed by atoms with van der Waals surface area (Å²) in [5.41, 5.74) is 4.16. The molecule has 1 fully saturated rings. The molecule has 2 aromatic rings. The van der Waals surface area contributed by atoms with Crippen molar-refractivity contribution in [3.63, 3.8) is 0 Å². The van der Waals surface area contributed by atoms with Crippen molar-refractivity contribution in [2.24, 2.45) is 0 Å². The first-order chi connectivity index (χ1) is 12.7. The summed E-state index contributed by atoms with van der Waals surface area (Å²) < 4.78 is 18.8. The molecule has 0 atom stereocenters. The quantitative estimate of drug-likeness (QED) is 0.846. The van der Waals surface area contributed by atoms with E-state index in [0.717, 1.165) is 18.5 Å². The van der Waals surface area contributed by atoms with Crippen LogP contribution in [0.1, 0.15) is 41.3 Å². The Hall–Kier alpha value is -2.50. The SMILES string of the molecule is COc1ccc(CC(=O)N2CCc3ncnc(C4CC4)c3CC2)cc1F. The van der Waals surface area contributed by atoms with E-state index in [1.807, 2.05) is 4.90 Å². The molecular formula is C20H22FN3O2. The van der Waals surface area contributed by atoms with Crippen molar-refractivity contribution in [2.75, 3.05) is 20.2 Å². The normalized spacial score (nSPS) is 16.8. The molecule has 1 aromatic heterocycles. The van der Waals surface area contributed by atoms with Crippen molar-refractivity contribution < 1.29 is 13.9 Å². The first-order valence-corrected chi connectivity index (χ1v) is 9.08. The molecule has 5 nitrogen and oxygen atoms in total. The third-order valence-electron chi connectivity index (χ3n) is 5.21. The number of nitrogens with zero attached hydrogens (tertiary/aromatic N) is 3. The van der Waals surface area contributed by atoms with Gasteiger partial charge in [0, 0.05) is 31.1 Å². The Balaban J connectivity index is 1.45. The van der Waals surface area contributed by atoms with Crippen molar-refractivity contribution in [3.8, 4) is 5.75 Å². The number of rotatable bonds is 4. The Bertz CT molecular complexity index is 836. The minimum absolute atomic E-state index is 0.0169. The van der Waals surface area contributed by atoms with E-state index >= 15 is 0 Å². The second kappa shape index (κ2) is 7.02. The van der Waals surface area contributed by atoms with E-state index < -0.39 is 5.82 Å². The lowest BCUT2D eigenvalue weighted by Crippen LogP contribution is -2.34. The maximum atomic E-state index is 13.8. The topological polar surface area (TPSA) is 55.3 Å². The average molecular weight is 355 g/mol. The fourth-order valence-corrected chi connectivity index (χ4v) is 3.62. The zero-order valence-corrected chi connectivity index (χ0v) is 14.9. The molecule has 136 valence electrons. The van der Waals surface area contributed by atoms with Crippen LogP contribution in [0.2, 0.25) is 0 Å². The van der Waals surface area contributed by atoms with Gasteiger partial charge in [-0.25, -0.2) is 14.4 Å². The summed E-state index contributed by atoms with van der Waals surface area (Å²) in [5, 5.41) is 0. The minimum atomic E-state index is -0.439. The smallest absolute Gasteiger partial charge is 0.227 e. The molecule has 1 aliphatic carbocycles. The number of carbonyl (C=O) groups is 1. The number of carbonyl (C=O) groups excluding carboxylic acids is 1. The molecular weight excluding hydrogens is 333 g/mol. The molecule has 0 unspecified atom stereocenters. The van der Waals surface area contributed by atoms with Crippen molar-refractivity contribution in [2.45, 2.75) is 38.0 Å². The molecule has 1 aliphatic heterocycles. The van der Waals surface area contributed by atoms with Gasteiger partial charge >= 0.3 is 0 Å². The molecule has 2 aliphatic rings. The summed E-state index contributed by atoms with van der Waals surface area (Å²) in [5.74, 6) is 0.350. The van der Waals surface area contributed by atoms with Crippen LogP contribution < -0.4 is 4.74 Å². The molecule has 0 radical (unpaired) electrons. The highest BCUT2D eigenvalue weighted by atomic mass is 19.1. The van der Waals surface area contributed by atoms with Crippen LogP contribution in [-0.4, -0.2) is 41.0 Å². The Labute approximate surface area is 152 Å². The van der Waals surface area contributed by atoms with Crippen LogP contribution in [0.15, 0.2) is 24.5 Å². The van der Waals surface area contributed by atoms with E-state index in [-0.39, 0.29) is 18.1 Å². The zero-order chi connectivity index (χ0) is 18.1. The largest absolute Gasteiger partial charge is 0.494 e. The first kappa shape index (κ1) is 16.9. The number of fused-ring (bicyclic) bond motifs is 1. The second-order valence-electron chi connectivity index (χ2n) is 6.98. The molecule has 4 rings (SSSR count). The number of hydrogen-bond donors (Lipinski definition) is 0. The van der Waals surface area contributed by atoms with Gasteiger partial charge in [-0.2, -0.15) is 0 Å². The zero-order valence-electron chi connectivity index (χ0n) is 14.9. The number of amides is 1. The van der Waals surface area contributed by atoms with E-state index in [1.165, 1.54) is 37.3 Å². The molecule has 26 heavy (non-hydrogen) atoms. The summed E-state index contributed by atoms with van der Waals surface area (Å²) in [6, 6.07) is 4.68. The number of ether oxygens (including phenoxy) is 1. The predicted octanol–water partition coefficient (Wildman–Crippen LogP) is 2.67. The Morgan fingerprint density at radius 3 is 2.81 bits per heavy atom. The van der Waals surface area contributed by atoms with Crippen LogP contribution in [-0.2, 0) is 24.1 Å². The number of aromatic nitrogens is 2. The third-order valence-corrected chi connectivity index (χ3v) is 5.21. The van der Waals surface area contributed by atoms with E-state index in [1.54, 1.807) is 18.5 Å². The second-order valence-corrected chi connectivity index (χ2v) is 6.98. The fraction of sp³-hybridized carbons (Fsp3) is 0.450. The minimum Gasteiger partial charge on any atom is -0.494 e. The van der Waals surface area contributed by atoms with Crippen LogP contribution in [0.4, 0.5) is 4.39 Å². The Kier molecular flexibility index (Phi) is 4.57. The highest BCUT2D eigenvalue weighted by Gasteiger charge is 2.30. The highest BCUT2D eigenvalue weighted by molar-refractivity contribution is 5.79. The summed E-state index contributed by atoms with van der Waals surface area (Å²) in [6.45, 7) is 1.31. The molecule has 2 heterocycles. The summed E-state index contributed by atoms with van der Waals surface area (Å²) in [7, 11) is 1.43. The van der Waals surface area contributed by atoms with E-state index in [2.05, 4.69) is 9.97 Å². The third kappa shape index (κ3) is 3.41. The van der Waals surface area contributed by atoms with Gasteiger partial charge in [0.05, 0.1) is 19.2 Å². The highest BCUT2D eigenvalue weighted by Crippen LogP contribution is 2.41. The molecule has 6 heteroatoms. The van der Waals surface area contributed by atoms with Gasteiger partial charge < -0.3 is 9.64 Å². The molecule has 0 N–H and O–H groups in total. The fourth-order valence-electron chi connectivity index (χ4n) is 3.62. The average Bonchev–Trinajstić information content (AvgIpc) is 3.48. The van der Waals surface area contributed by atoms with Gasteiger partial charge in [0.15, 0.2) is 11.6 Å². The number of halogens is 1. The van der Waals surface area contributed by atoms with Gasteiger partial charge in [-0.3, -0.25) is 4.79 Å². The molecule has 1 aromatic carbocycles. The molecule has 0 bridgehead atoms. The van der Waals surface area contributed by atoms with Gasteiger partial charge in [-0.15, -0.1) is 0 Å². The number of benzene rings is 1. The van der Waals surface area contributed by atoms with Crippen LogP contribution in [0.3, 0.4) is 0 Å². The van der Waals surface area contributed by atoms with Crippen LogP contribution in [0.25, 0.3) is 0 Å². The van der Waals surface area contributed by atoms with E-state index in [0.29, 0.717) is 24.6 Å². The maximum Gasteiger partial charge on any atom is 0.227 e. The van der Waals surface area contributed by atoms with Gasteiger partial charge in [-0.1, -0.05) is 6.07 Å². The van der Waals surface area contributed by atoms with Crippen molar-refractivity contribution in [1.82, 2.24) is 14.9 Å². The molecule has 1 saturated carbocycles. The van der Waals surface area contributed by atoms with E-state index in [9.17, 15) is 9.18 Å². The van der Waals surface area contributed by atoms with E-state index in [4.69, 9.17) is 4.74 Å². The standard InChI is InChI=1S/C20H22FN3O2/c1-26-18-5-2-13(10-16(18)21)11-19(25)24-8-6-15-17(7-9-24)22-12-23-20(15)14-3-4-14/h2,5,10,12,14H,3-4,6-9,11H2,1H3. The van der Waals surface area contributed by atoms with Gasteiger partial charge in [0.2, 0.25) is 5.91 Å². The lowest BCUT2D eigenvalue weighted by Gasteiger charge is -2.20. The monoisotopic (exact) mass is 355 g/mol. The Morgan fingerprint density at radius 1 is 1.27 bits per heavy atom. The lowest BCUT2D eigenvalue weighted by atomic mass is 10.0.